The minimum absolute atomic E-state index is 0.660. The van der Waals surface area contributed by atoms with Gasteiger partial charge in [0.05, 0.1) is 0 Å². The van der Waals surface area contributed by atoms with Crippen molar-refractivity contribution < 1.29 is 0 Å². The molecule has 0 aromatic carbocycles. The lowest BCUT2D eigenvalue weighted by atomic mass is 10.0. The Hall–Kier alpha value is 0.960. The van der Waals surface area contributed by atoms with Gasteiger partial charge in [-0.3, -0.25) is 0 Å². The molecule has 0 N–H and O–H groups in total. The highest BCUT2D eigenvalue weighted by Gasteiger charge is 2.05. The van der Waals surface area contributed by atoms with Gasteiger partial charge in [-0.1, -0.05) is 52.1 Å². The Balaban J connectivity index is 3.22. The van der Waals surface area contributed by atoms with E-state index in [1.54, 1.807) is 0 Å². The molecule has 0 aliphatic heterocycles. The molecule has 0 saturated carbocycles. The van der Waals surface area contributed by atoms with E-state index in [2.05, 4.69) is 45.7 Å². The zero-order valence-electron chi connectivity index (χ0n) is 6.03. The molecule has 0 spiro atoms. The Bertz CT molecular complexity index is 55.9. The fourth-order valence-electron chi connectivity index (χ4n) is 0.666. The Morgan fingerprint density at radius 3 is 2.33 bits per heavy atom. The summed E-state index contributed by atoms with van der Waals surface area (Å²) in [6, 6.07) is 0. The fraction of sp³-hybridized carbons (Fsp3) is 1.00. The van der Waals surface area contributed by atoms with Gasteiger partial charge in [-0.25, -0.2) is 0 Å². The lowest BCUT2D eigenvalue weighted by Gasteiger charge is -2.10. The SMILES string of the molecule is CCC(C)CC(Br)CBr. The molecule has 0 aromatic heterocycles. The van der Waals surface area contributed by atoms with Crippen molar-refractivity contribution >= 4 is 31.9 Å². The largest absolute Gasteiger partial charge is 0.0916 e. The zero-order chi connectivity index (χ0) is 7.28. The van der Waals surface area contributed by atoms with Crippen LogP contribution in [-0.2, 0) is 0 Å². The first kappa shape index (κ1) is 9.96. The first-order valence-corrected chi connectivity index (χ1v) is 5.44. The average Bonchev–Trinajstić information content (AvgIpc) is 1.87. The van der Waals surface area contributed by atoms with Crippen LogP contribution >= 0.6 is 31.9 Å². The molecule has 9 heavy (non-hydrogen) atoms. The number of hydrogen-bond donors (Lipinski definition) is 0. The summed E-state index contributed by atoms with van der Waals surface area (Å²) >= 11 is 7.00. The van der Waals surface area contributed by atoms with Crippen LogP contribution in [0.2, 0.25) is 0 Å². The summed E-state index contributed by atoms with van der Waals surface area (Å²) in [4.78, 5) is 0.660. The quantitative estimate of drug-likeness (QED) is 0.676. The van der Waals surface area contributed by atoms with Crippen LogP contribution in [0.15, 0.2) is 0 Å². The van der Waals surface area contributed by atoms with Gasteiger partial charge in [-0.2, -0.15) is 0 Å². The molecule has 0 rings (SSSR count). The molecule has 0 saturated heterocycles. The number of halogens is 2. The van der Waals surface area contributed by atoms with Crippen molar-refractivity contribution in [3.63, 3.8) is 0 Å². The molecule has 0 heterocycles. The third-order valence-electron chi connectivity index (χ3n) is 1.52. The van der Waals surface area contributed by atoms with Gasteiger partial charge in [-0.15, -0.1) is 0 Å². The number of hydrogen-bond acceptors (Lipinski definition) is 0. The molecular weight excluding hydrogens is 244 g/mol. The minimum Gasteiger partial charge on any atom is -0.0916 e. The molecule has 0 nitrogen and oxygen atoms in total. The Kier molecular flexibility index (Phi) is 6.33. The van der Waals surface area contributed by atoms with Crippen LogP contribution in [0, 0.1) is 5.92 Å². The maximum atomic E-state index is 3.57. The highest BCUT2D eigenvalue weighted by molar-refractivity contribution is 9.12. The highest BCUT2D eigenvalue weighted by atomic mass is 79.9. The third kappa shape index (κ3) is 5.41. The summed E-state index contributed by atoms with van der Waals surface area (Å²) in [5, 5.41) is 1.07. The molecule has 0 aliphatic rings. The van der Waals surface area contributed by atoms with Crippen molar-refractivity contribution in [1.82, 2.24) is 0 Å². The van der Waals surface area contributed by atoms with Gasteiger partial charge in [-0.05, 0) is 12.3 Å². The summed E-state index contributed by atoms with van der Waals surface area (Å²) in [5.74, 6) is 0.854. The predicted octanol–water partition coefficient (Wildman–Crippen LogP) is 3.58. The second-order valence-electron chi connectivity index (χ2n) is 2.50. The van der Waals surface area contributed by atoms with E-state index in [9.17, 15) is 0 Å². The van der Waals surface area contributed by atoms with Crippen molar-refractivity contribution in [3.8, 4) is 0 Å². The van der Waals surface area contributed by atoms with Crippen LogP contribution in [0.5, 0.6) is 0 Å². The van der Waals surface area contributed by atoms with Gasteiger partial charge >= 0.3 is 0 Å². The normalized spacial score (nSPS) is 17.3. The monoisotopic (exact) mass is 256 g/mol. The second kappa shape index (κ2) is 5.72. The van der Waals surface area contributed by atoms with Crippen LogP contribution in [0.3, 0.4) is 0 Å². The predicted molar refractivity (Wildman–Crippen MR) is 50.6 cm³/mol. The first-order valence-electron chi connectivity index (χ1n) is 3.40. The lowest BCUT2D eigenvalue weighted by molar-refractivity contribution is 0.521. The van der Waals surface area contributed by atoms with Crippen LogP contribution in [0.25, 0.3) is 0 Å². The molecule has 2 unspecified atom stereocenters. The highest BCUT2D eigenvalue weighted by Crippen LogP contribution is 2.16. The van der Waals surface area contributed by atoms with Crippen molar-refractivity contribution in [1.29, 1.82) is 0 Å². The molecule has 0 bridgehead atoms. The lowest BCUT2D eigenvalue weighted by Crippen LogP contribution is -2.05. The van der Waals surface area contributed by atoms with E-state index in [0.29, 0.717) is 4.83 Å². The molecule has 0 aromatic rings. The van der Waals surface area contributed by atoms with E-state index in [-0.39, 0.29) is 0 Å². The average molecular weight is 258 g/mol. The van der Waals surface area contributed by atoms with E-state index in [1.165, 1.54) is 12.8 Å². The molecule has 0 amide bonds. The van der Waals surface area contributed by atoms with Crippen molar-refractivity contribution in [2.24, 2.45) is 5.92 Å². The Morgan fingerprint density at radius 2 is 2.00 bits per heavy atom. The second-order valence-corrected chi connectivity index (χ2v) is 4.44. The Labute approximate surface area is 74.7 Å². The van der Waals surface area contributed by atoms with E-state index >= 15 is 0 Å². The Morgan fingerprint density at radius 1 is 1.44 bits per heavy atom. The standard InChI is InChI=1S/C7H14Br2/c1-3-6(2)4-7(9)5-8/h6-7H,3-5H2,1-2H3. The molecular formula is C7H14Br2. The minimum atomic E-state index is 0.660. The summed E-state index contributed by atoms with van der Waals surface area (Å²) in [6.07, 6.45) is 2.57. The molecule has 56 valence electrons. The van der Waals surface area contributed by atoms with Gasteiger partial charge in [0.1, 0.15) is 0 Å². The van der Waals surface area contributed by atoms with E-state index in [4.69, 9.17) is 0 Å². The fourth-order valence-corrected chi connectivity index (χ4v) is 1.57. The van der Waals surface area contributed by atoms with Gasteiger partial charge in [0.25, 0.3) is 0 Å². The van der Waals surface area contributed by atoms with Crippen molar-refractivity contribution in [3.05, 3.63) is 0 Å². The van der Waals surface area contributed by atoms with Crippen LogP contribution in [-0.4, -0.2) is 10.2 Å². The van der Waals surface area contributed by atoms with E-state index < -0.39 is 0 Å². The van der Waals surface area contributed by atoms with Gasteiger partial charge in [0.2, 0.25) is 0 Å². The number of alkyl halides is 2. The van der Waals surface area contributed by atoms with Gasteiger partial charge in [0, 0.05) is 10.2 Å². The molecule has 2 heteroatoms. The smallest absolute Gasteiger partial charge is 0.0245 e. The molecule has 0 radical (unpaired) electrons. The van der Waals surface area contributed by atoms with Gasteiger partial charge in [0.15, 0.2) is 0 Å². The third-order valence-corrected chi connectivity index (χ3v) is 3.87. The summed E-state index contributed by atoms with van der Waals surface area (Å²) in [5.41, 5.74) is 0. The van der Waals surface area contributed by atoms with Crippen LogP contribution < -0.4 is 0 Å². The molecule has 0 aliphatic carbocycles. The maximum Gasteiger partial charge on any atom is 0.0245 e. The summed E-state index contributed by atoms with van der Waals surface area (Å²) in [6.45, 7) is 4.52. The van der Waals surface area contributed by atoms with E-state index in [0.717, 1.165) is 11.2 Å². The molecule has 2 atom stereocenters. The van der Waals surface area contributed by atoms with Gasteiger partial charge < -0.3 is 0 Å². The van der Waals surface area contributed by atoms with Crippen molar-refractivity contribution in [2.45, 2.75) is 31.5 Å². The molecule has 0 fully saturated rings. The van der Waals surface area contributed by atoms with Crippen molar-refractivity contribution in [2.75, 3.05) is 5.33 Å². The first-order chi connectivity index (χ1) is 4.20. The topological polar surface area (TPSA) is 0 Å². The van der Waals surface area contributed by atoms with Crippen LogP contribution in [0.4, 0.5) is 0 Å². The maximum absolute atomic E-state index is 3.57. The zero-order valence-corrected chi connectivity index (χ0v) is 9.20. The van der Waals surface area contributed by atoms with Crippen LogP contribution in [0.1, 0.15) is 26.7 Å². The van der Waals surface area contributed by atoms with E-state index in [1.807, 2.05) is 0 Å². The number of rotatable bonds is 4. The summed E-state index contributed by atoms with van der Waals surface area (Å²) in [7, 11) is 0. The summed E-state index contributed by atoms with van der Waals surface area (Å²) < 4.78 is 0.